The third-order valence-corrected chi connectivity index (χ3v) is 5.18. The number of anilines is 1. The molecule has 2 aromatic rings. The number of aliphatic imine (C=N–C) groups is 1. The highest BCUT2D eigenvalue weighted by Crippen LogP contribution is 2.22. The van der Waals surface area contributed by atoms with Gasteiger partial charge in [0.25, 0.3) is 0 Å². The van der Waals surface area contributed by atoms with E-state index in [1.54, 1.807) is 14.2 Å². The fourth-order valence-electron chi connectivity index (χ4n) is 3.49. The van der Waals surface area contributed by atoms with Crippen LogP contribution in [0.3, 0.4) is 0 Å². The average Bonchev–Trinajstić information content (AvgIpc) is 2.81. The number of halogens is 1. The molecular weight excluding hydrogens is 505 g/mol. The molecule has 0 saturated carbocycles. The summed E-state index contributed by atoms with van der Waals surface area (Å²) in [7, 11) is 3.47. The van der Waals surface area contributed by atoms with Crippen LogP contribution in [0.5, 0.6) is 5.75 Å². The van der Waals surface area contributed by atoms with Gasteiger partial charge >= 0.3 is 0 Å². The minimum Gasteiger partial charge on any atom is -0.497 e. The van der Waals surface area contributed by atoms with Gasteiger partial charge in [0.1, 0.15) is 5.75 Å². The SMILES string of the molecule is CN=C(NCCC(=O)NCc1ccccc1)N1CCN(c2cccc(OC)c2)CC1.I. The first-order valence-corrected chi connectivity index (χ1v) is 10.3. The zero-order valence-corrected chi connectivity index (χ0v) is 20.5. The summed E-state index contributed by atoms with van der Waals surface area (Å²) in [5.74, 6) is 1.75. The van der Waals surface area contributed by atoms with E-state index in [0.29, 0.717) is 19.5 Å². The molecule has 8 heteroatoms. The molecule has 1 amide bonds. The van der Waals surface area contributed by atoms with Crippen LogP contribution in [-0.2, 0) is 11.3 Å². The lowest BCUT2D eigenvalue weighted by Crippen LogP contribution is -2.52. The van der Waals surface area contributed by atoms with Crippen LogP contribution in [0.1, 0.15) is 12.0 Å². The molecule has 0 aromatic heterocycles. The molecule has 1 aliphatic rings. The summed E-state index contributed by atoms with van der Waals surface area (Å²) in [6.07, 6.45) is 0.412. The van der Waals surface area contributed by atoms with E-state index in [0.717, 1.165) is 43.5 Å². The molecule has 1 fully saturated rings. The summed E-state index contributed by atoms with van der Waals surface area (Å²) in [6.45, 7) is 4.68. The molecular formula is C23H32IN5O2. The first-order valence-electron chi connectivity index (χ1n) is 10.3. The van der Waals surface area contributed by atoms with E-state index in [4.69, 9.17) is 4.74 Å². The Labute approximate surface area is 201 Å². The molecule has 0 aliphatic carbocycles. The Morgan fingerprint density at radius 3 is 2.45 bits per heavy atom. The van der Waals surface area contributed by atoms with Gasteiger partial charge < -0.3 is 25.2 Å². The standard InChI is InChI=1S/C23H31N5O2.HI/c1-24-23(25-12-11-22(29)26-18-19-7-4-3-5-8-19)28-15-13-27(14-16-28)20-9-6-10-21(17-20)30-2;/h3-10,17H,11-16,18H2,1-2H3,(H,24,25)(H,26,29);1H. The van der Waals surface area contributed by atoms with Crippen LogP contribution in [0.15, 0.2) is 59.6 Å². The number of carbonyl (C=O) groups is 1. The van der Waals surface area contributed by atoms with E-state index in [-0.39, 0.29) is 29.9 Å². The van der Waals surface area contributed by atoms with Crippen molar-refractivity contribution in [2.75, 3.05) is 51.8 Å². The molecule has 1 aliphatic heterocycles. The number of rotatable bonds is 7. The van der Waals surface area contributed by atoms with Crippen LogP contribution in [0.25, 0.3) is 0 Å². The normalized spacial score (nSPS) is 13.9. The Bertz CT molecular complexity index is 839. The molecule has 2 N–H and O–H groups in total. The van der Waals surface area contributed by atoms with Crippen molar-refractivity contribution in [1.29, 1.82) is 0 Å². The number of benzene rings is 2. The maximum atomic E-state index is 12.1. The van der Waals surface area contributed by atoms with Crippen LogP contribution >= 0.6 is 24.0 Å². The van der Waals surface area contributed by atoms with E-state index < -0.39 is 0 Å². The van der Waals surface area contributed by atoms with Gasteiger partial charge in [-0.05, 0) is 17.7 Å². The third-order valence-electron chi connectivity index (χ3n) is 5.18. The van der Waals surface area contributed by atoms with Crippen molar-refractivity contribution in [3.8, 4) is 5.75 Å². The fraction of sp³-hybridized carbons (Fsp3) is 0.391. The lowest BCUT2D eigenvalue weighted by molar-refractivity contribution is -0.121. The molecule has 0 spiro atoms. The lowest BCUT2D eigenvalue weighted by atomic mass is 10.2. The molecule has 168 valence electrons. The summed E-state index contributed by atoms with van der Waals surface area (Å²) in [5.41, 5.74) is 2.27. The number of carbonyl (C=O) groups excluding carboxylic acids is 1. The Kier molecular flexibility index (Phi) is 10.4. The minimum absolute atomic E-state index is 0. The van der Waals surface area contributed by atoms with Crippen LogP contribution in [-0.4, -0.2) is 63.6 Å². The number of methoxy groups -OCH3 is 1. The van der Waals surface area contributed by atoms with Gasteiger partial charge in [-0.15, -0.1) is 24.0 Å². The topological polar surface area (TPSA) is 69.2 Å². The molecule has 0 unspecified atom stereocenters. The van der Waals surface area contributed by atoms with Gasteiger partial charge in [-0.25, -0.2) is 0 Å². The zero-order valence-electron chi connectivity index (χ0n) is 18.2. The molecule has 1 heterocycles. The highest BCUT2D eigenvalue weighted by atomic mass is 127. The van der Waals surface area contributed by atoms with Crippen molar-refractivity contribution >= 4 is 41.5 Å². The molecule has 0 radical (unpaired) electrons. The maximum absolute atomic E-state index is 12.1. The van der Waals surface area contributed by atoms with Gasteiger partial charge in [0.15, 0.2) is 5.96 Å². The highest BCUT2D eigenvalue weighted by molar-refractivity contribution is 14.0. The van der Waals surface area contributed by atoms with E-state index in [2.05, 4.69) is 37.6 Å². The molecule has 31 heavy (non-hydrogen) atoms. The average molecular weight is 537 g/mol. The molecule has 3 rings (SSSR count). The molecule has 1 saturated heterocycles. The van der Waals surface area contributed by atoms with Gasteiger partial charge in [-0.2, -0.15) is 0 Å². The maximum Gasteiger partial charge on any atom is 0.222 e. The molecule has 0 atom stereocenters. The summed E-state index contributed by atoms with van der Waals surface area (Å²) in [6, 6.07) is 18.1. The van der Waals surface area contributed by atoms with Gasteiger partial charge in [0.2, 0.25) is 5.91 Å². The Hall–Kier alpha value is -2.49. The van der Waals surface area contributed by atoms with E-state index in [1.807, 2.05) is 42.5 Å². The number of hydrogen-bond acceptors (Lipinski definition) is 4. The van der Waals surface area contributed by atoms with Crippen LogP contribution in [0.2, 0.25) is 0 Å². The van der Waals surface area contributed by atoms with E-state index in [1.165, 1.54) is 5.69 Å². The number of guanidine groups is 1. The lowest BCUT2D eigenvalue weighted by Gasteiger charge is -2.37. The van der Waals surface area contributed by atoms with Gasteiger partial charge in [-0.3, -0.25) is 9.79 Å². The number of nitrogens with zero attached hydrogens (tertiary/aromatic N) is 3. The number of piperazine rings is 1. The highest BCUT2D eigenvalue weighted by Gasteiger charge is 2.20. The van der Waals surface area contributed by atoms with Gasteiger partial charge in [0.05, 0.1) is 7.11 Å². The largest absolute Gasteiger partial charge is 0.497 e. The second-order valence-corrected chi connectivity index (χ2v) is 7.16. The summed E-state index contributed by atoms with van der Waals surface area (Å²) < 4.78 is 5.33. The van der Waals surface area contributed by atoms with Crippen LogP contribution < -0.4 is 20.3 Å². The van der Waals surface area contributed by atoms with Crippen molar-refractivity contribution in [2.24, 2.45) is 4.99 Å². The first-order chi connectivity index (χ1) is 14.7. The Balaban J connectivity index is 0.00000341. The zero-order chi connectivity index (χ0) is 21.2. The molecule has 7 nitrogen and oxygen atoms in total. The van der Waals surface area contributed by atoms with Crippen molar-refractivity contribution in [2.45, 2.75) is 13.0 Å². The van der Waals surface area contributed by atoms with E-state index in [9.17, 15) is 4.79 Å². The predicted octanol–water partition coefficient (Wildman–Crippen LogP) is 2.72. The van der Waals surface area contributed by atoms with Gasteiger partial charge in [-0.1, -0.05) is 36.4 Å². The third kappa shape index (κ3) is 7.61. The number of hydrogen-bond donors (Lipinski definition) is 2. The number of amides is 1. The van der Waals surface area contributed by atoms with Crippen LogP contribution in [0.4, 0.5) is 5.69 Å². The van der Waals surface area contributed by atoms with Crippen molar-refractivity contribution in [3.05, 3.63) is 60.2 Å². The Morgan fingerprint density at radius 1 is 1.03 bits per heavy atom. The van der Waals surface area contributed by atoms with Gasteiger partial charge in [0, 0.05) is 64.5 Å². The minimum atomic E-state index is 0. The summed E-state index contributed by atoms with van der Waals surface area (Å²) >= 11 is 0. The summed E-state index contributed by atoms with van der Waals surface area (Å²) in [5, 5.41) is 6.27. The summed E-state index contributed by atoms with van der Waals surface area (Å²) in [4.78, 5) is 21.1. The fourth-order valence-corrected chi connectivity index (χ4v) is 3.49. The van der Waals surface area contributed by atoms with E-state index >= 15 is 0 Å². The number of ether oxygens (including phenoxy) is 1. The number of nitrogens with one attached hydrogen (secondary N) is 2. The van der Waals surface area contributed by atoms with Crippen LogP contribution in [0, 0.1) is 0 Å². The first kappa shape index (κ1) is 24.8. The van der Waals surface area contributed by atoms with Crippen molar-refractivity contribution < 1.29 is 9.53 Å². The van der Waals surface area contributed by atoms with Crippen molar-refractivity contribution in [3.63, 3.8) is 0 Å². The molecule has 0 bridgehead atoms. The second kappa shape index (κ2) is 13.0. The second-order valence-electron chi connectivity index (χ2n) is 7.16. The van der Waals surface area contributed by atoms with Crippen molar-refractivity contribution in [1.82, 2.24) is 15.5 Å². The Morgan fingerprint density at radius 2 is 1.77 bits per heavy atom. The molecule has 2 aromatic carbocycles. The predicted molar refractivity (Wildman–Crippen MR) is 136 cm³/mol. The quantitative estimate of drug-likeness (QED) is 0.323. The smallest absolute Gasteiger partial charge is 0.222 e. The monoisotopic (exact) mass is 537 g/mol.